The van der Waals surface area contributed by atoms with Crippen molar-refractivity contribution in [2.45, 2.75) is 32.7 Å². The number of hydrogen-bond donors (Lipinski definition) is 1. The van der Waals surface area contributed by atoms with Gasteiger partial charge >= 0.3 is 0 Å². The monoisotopic (exact) mass is 366 g/mol. The molecule has 3 rings (SSSR count). The Morgan fingerprint density at radius 1 is 1.08 bits per heavy atom. The summed E-state index contributed by atoms with van der Waals surface area (Å²) in [6.07, 6.45) is 1.71. The van der Waals surface area contributed by atoms with E-state index in [1.165, 1.54) is 16.9 Å². The lowest BCUT2D eigenvalue weighted by atomic mass is 9.87. The first-order valence-electron chi connectivity index (χ1n) is 8.47. The summed E-state index contributed by atoms with van der Waals surface area (Å²) in [7, 11) is 0. The van der Waals surface area contributed by atoms with Crippen LogP contribution in [-0.4, -0.2) is 10.9 Å². The van der Waals surface area contributed by atoms with Gasteiger partial charge in [0, 0.05) is 23.7 Å². The van der Waals surface area contributed by atoms with Crippen LogP contribution >= 0.6 is 11.3 Å². The van der Waals surface area contributed by atoms with E-state index in [0.717, 1.165) is 11.3 Å². The van der Waals surface area contributed by atoms with Crippen LogP contribution in [0, 0.1) is 0 Å². The van der Waals surface area contributed by atoms with E-state index in [1.54, 1.807) is 6.20 Å². The molecule has 0 radical (unpaired) electrons. The number of ether oxygens (including phenoxy) is 1. The van der Waals surface area contributed by atoms with Crippen molar-refractivity contribution in [1.29, 1.82) is 0 Å². The van der Waals surface area contributed by atoms with E-state index in [0.29, 0.717) is 17.3 Å². The van der Waals surface area contributed by atoms with Gasteiger partial charge in [0.25, 0.3) is 11.1 Å². The predicted octanol–water partition coefficient (Wildman–Crippen LogP) is 5.16. The molecule has 1 N–H and O–H groups in total. The first-order chi connectivity index (χ1) is 12.4. The number of rotatable bonds is 5. The smallest absolute Gasteiger partial charge is 0.278 e. The maximum atomic E-state index is 12.3. The number of carbonyl (C=O) groups is 1. The molecule has 2 aromatic carbocycles. The molecule has 4 nitrogen and oxygen atoms in total. The van der Waals surface area contributed by atoms with Gasteiger partial charge in [0.15, 0.2) is 0 Å². The maximum Gasteiger partial charge on any atom is 0.278 e. The van der Waals surface area contributed by atoms with Gasteiger partial charge in [0.05, 0.1) is 0 Å². The molecule has 0 bridgehead atoms. The second-order valence-corrected chi connectivity index (χ2v) is 7.91. The second-order valence-electron chi connectivity index (χ2n) is 7.05. The van der Waals surface area contributed by atoms with Crippen molar-refractivity contribution in [1.82, 2.24) is 10.3 Å². The fourth-order valence-electron chi connectivity index (χ4n) is 2.44. The number of amides is 1. The third-order valence-corrected chi connectivity index (χ3v) is 4.65. The van der Waals surface area contributed by atoms with Crippen LogP contribution in [0.5, 0.6) is 10.9 Å². The number of nitrogens with zero attached hydrogens (tertiary/aromatic N) is 1. The van der Waals surface area contributed by atoms with E-state index >= 15 is 0 Å². The molecule has 26 heavy (non-hydrogen) atoms. The summed E-state index contributed by atoms with van der Waals surface area (Å²) in [6.45, 7) is 6.94. The third-order valence-electron chi connectivity index (χ3n) is 4.00. The largest absolute Gasteiger partial charge is 0.431 e. The summed E-state index contributed by atoms with van der Waals surface area (Å²) in [5, 5.41) is 5.43. The first kappa shape index (κ1) is 18.1. The molecule has 0 atom stereocenters. The third kappa shape index (κ3) is 4.70. The lowest BCUT2D eigenvalue weighted by molar-refractivity contribution is 0.0951. The summed E-state index contributed by atoms with van der Waals surface area (Å²) >= 11 is 1.45. The molecular formula is C21H22N2O2S. The molecule has 134 valence electrons. The molecule has 0 spiro atoms. The van der Waals surface area contributed by atoms with E-state index in [2.05, 4.69) is 31.1 Å². The van der Waals surface area contributed by atoms with Gasteiger partial charge < -0.3 is 10.1 Å². The highest BCUT2D eigenvalue weighted by Gasteiger charge is 2.14. The summed E-state index contributed by atoms with van der Waals surface area (Å²) in [4.78, 5) is 16.4. The Labute approximate surface area is 157 Å². The molecule has 3 aromatic rings. The summed E-state index contributed by atoms with van der Waals surface area (Å²) < 4.78 is 5.63. The number of nitrogens with one attached hydrogen (secondary N) is 1. The SMILES string of the molecule is CC(C)(C)c1ccc(C(=O)NCc2ccc(Oc3nccs3)cc2)cc1. The average molecular weight is 366 g/mol. The Kier molecular flexibility index (Phi) is 5.38. The van der Waals surface area contributed by atoms with Gasteiger partial charge in [0.2, 0.25) is 0 Å². The topological polar surface area (TPSA) is 51.2 Å². The van der Waals surface area contributed by atoms with Gasteiger partial charge in [0.1, 0.15) is 5.75 Å². The minimum Gasteiger partial charge on any atom is -0.431 e. The van der Waals surface area contributed by atoms with E-state index in [4.69, 9.17) is 4.74 Å². The van der Waals surface area contributed by atoms with Crippen LogP contribution in [0.2, 0.25) is 0 Å². The number of benzene rings is 2. The Morgan fingerprint density at radius 2 is 1.77 bits per heavy atom. The minimum absolute atomic E-state index is 0.0754. The van der Waals surface area contributed by atoms with Crippen molar-refractivity contribution in [3.63, 3.8) is 0 Å². The second kappa shape index (κ2) is 7.70. The van der Waals surface area contributed by atoms with Crippen LogP contribution in [0.1, 0.15) is 42.3 Å². The fraction of sp³-hybridized carbons (Fsp3) is 0.238. The minimum atomic E-state index is -0.0754. The molecular weight excluding hydrogens is 344 g/mol. The standard InChI is InChI=1S/C21H22N2O2S/c1-21(2,3)17-8-6-16(7-9-17)19(24)23-14-15-4-10-18(11-5-15)25-20-22-12-13-26-20/h4-13H,14H2,1-3H3,(H,23,24). The molecule has 0 aliphatic rings. The average Bonchev–Trinajstić information content (AvgIpc) is 3.13. The summed E-state index contributed by atoms with van der Waals surface area (Å²) in [5.74, 6) is 0.654. The van der Waals surface area contributed by atoms with Crippen molar-refractivity contribution in [2.24, 2.45) is 0 Å². The Balaban J connectivity index is 1.55. The highest BCUT2D eigenvalue weighted by Crippen LogP contribution is 2.24. The summed E-state index contributed by atoms with van der Waals surface area (Å²) in [5.41, 5.74) is 2.97. The van der Waals surface area contributed by atoms with E-state index < -0.39 is 0 Å². The van der Waals surface area contributed by atoms with Gasteiger partial charge in [-0.1, -0.05) is 56.4 Å². The van der Waals surface area contributed by atoms with Gasteiger partial charge in [-0.3, -0.25) is 4.79 Å². The molecule has 1 heterocycles. The van der Waals surface area contributed by atoms with Gasteiger partial charge in [-0.25, -0.2) is 4.98 Å². The molecule has 0 aliphatic carbocycles. The number of thiazole rings is 1. The normalized spacial score (nSPS) is 11.2. The van der Waals surface area contributed by atoms with Crippen LogP contribution in [-0.2, 0) is 12.0 Å². The fourth-order valence-corrected chi connectivity index (χ4v) is 2.95. The maximum absolute atomic E-state index is 12.3. The van der Waals surface area contributed by atoms with Crippen molar-refractivity contribution >= 4 is 17.2 Å². The zero-order valence-electron chi connectivity index (χ0n) is 15.2. The highest BCUT2D eigenvalue weighted by atomic mass is 32.1. The van der Waals surface area contributed by atoms with Crippen LogP contribution in [0.15, 0.2) is 60.1 Å². The van der Waals surface area contributed by atoms with Crippen molar-refractivity contribution in [2.75, 3.05) is 0 Å². The predicted molar refractivity (Wildman–Crippen MR) is 105 cm³/mol. The Bertz CT molecular complexity index is 849. The molecule has 5 heteroatoms. The number of carbonyl (C=O) groups excluding carboxylic acids is 1. The van der Waals surface area contributed by atoms with Crippen molar-refractivity contribution < 1.29 is 9.53 Å². The zero-order valence-corrected chi connectivity index (χ0v) is 16.0. The first-order valence-corrected chi connectivity index (χ1v) is 9.35. The zero-order chi connectivity index (χ0) is 18.6. The van der Waals surface area contributed by atoms with Crippen LogP contribution in [0.25, 0.3) is 0 Å². The highest BCUT2D eigenvalue weighted by molar-refractivity contribution is 7.11. The lowest BCUT2D eigenvalue weighted by Gasteiger charge is -2.19. The molecule has 0 saturated carbocycles. The number of hydrogen-bond acceptors (Lipinski definition) is 4. The Hall–Kier alpha value is -2.66. The van der Waals surface area contributed by atoms with Crippen LogP contribution in [0.4, 0.5) is 0 Å². The van der Waals surface area contributed by atoms with E-state index in [-0.39, 0.29) is 11.3 Å². The van der Waals surface area contributed by atoms with Crippen molar-refractivity contribution in [3.8, 4) is 10.9 Å². The molecule has 0 aliphatic heterocycles. The number of aromatic nitrogens is 1. The lowest BCUT2D eigenvalue weighted by Crippen LogP contribution is -2.23. The summed E-state index contributed by atoms with van der Waals surface area (Å²) in [6, 6.07) is 15.4. The quantitative estimate of drug-likeness (QED) is 0.678. The van der Waals surface area contributed by atoms with Crippen molar-refractivity contribution in [3.05, 3.63) is 76.8 Å². The molecule has 0 unspecified atom stereocenters. The van der Waals surface area contributed by atoms with Gasteiger partial charge in [-0.05, 0) is 40.8 Å². The van der Waals surface area contributed by atoms with Crippen LogP contribution in [0.3, 0.4) is 0 Å². The van der Waals surface area contributed by atoms with E-state index in [9.17, 15) is 4.79 Å². The molecule has 0 saturated heterocycles. The van der Waals surface area contributed by atoms with Gasteiger partial charge in [-0.2, -0.15) is 0 Å². The molecule has 1 aromatic heterocycles. The van der Waals surface area contributed by atoms with Gasteiger partial charge in [-0.15, -0.1) is 0 Å². The molecule has 1 amide bonds. The Morgan fingerprint density at radius 3 is 2.35 bits per heavy atom. The molecule has 0 fully saturated rings. The van der Waals surface area contributed by atoms with E-state index in [1.807, 2.05) is 53.9 Å². The van der Waals surface area contributed by atoms with Crippen LogP contribution < -0.4 is 10.1 Å².